The zero-order chi connectivity index (χ0) is 18.4. The Labute approximate surface area is 156 Å². The Kier molecular flexibility index (Phi) is 6.46. The molecule has 4 nitrogen and oxygen atoms in total. The highest BCUT2D eigenvalue weighted by molar-refractivity contribution is 7.85. The molecule has 1 saturated carbocycles. The smallest absolute Gasteiger partial charge is 0.265 e. The van der Waals surface area contributed by atoms with Crippen molar-refractivity contribution in [3.63, 3.8) is 0 Å². The van der Waals surface area contributed by atoms with Crippen LogP contribution in [0.5, 0.6) is 0 Å². The van der Waals surface area contributed by atoms with Gasteiger partial charge in [0.2, 0.25) is 0 Å². The summed E-state index contributed by atoms with van der Waals surface area (Å²) >= 11 is 0. The van der Waals surface area contributed by atoms with Gasteiger partial charge >= 0.3 is 0 Å². The fraction of sp³-hybridized carbons (Fsp3) is 0.429. The highest BCUT2D eigenvalue weighted by atomic mass is 32.2. The van der Waals surface area contributed by atoms with Crippen LogP contribution in [-0.4, -0.2) is 29.7 Å². The van der Waals surface area contributed by atoms with Crippen molar-refractivity contribution in [2.24, 2.45) is 5.92 Å². The summed E-state index contributed by atoms with van der Waals surface area (Å²) in [5, 5.41) is 0. The van der Waals surface area contributed by atoms with Crippen LogP contribution < -0.4 is 0 Å². The van der Waals surface area contributed by atoms with E-state index in [-0.39, 0.29) is 11.7 Å². The molecular formula is C21H27NO3S. The number of benzene rings is 2. The van der Waals surface area contributed by atoms with Crippen LogP contribution in [0.2, 0.25) is 0 Å². The van der Waals surface area contributed by atoms with Crippen molar-refractivity contribution in [2.75, 3.05) is 5.75 Å². The molecule has 0 heterocycles. The summed E-state index contributed by atoms with van der Waals surface area (Å²) in [5.41, 5.74) is 2.59. The van der Waals surface area contributed by atoms with Crippen LogP contribution in [0.15, 0.2) is 60.7 Å². The molecule has 0 bridgehead atoms. The number of hydrogen-bond acceptors (Lipinski definition) is 3. The zero-order valence-electron chi connectivity index (χ0n) is 15.0. The Morgan fingerprint density at radius 2 is 1.27 bits per heavy atom. The third-order valence-electron chi connectivity index (χ3n) is 5.24. The Hall–Kier alpha value is -1.69. The first-order valence-corrected chi connectivity index (χ1v) is 10.9. The minimum absolute atomic E-state index is 0.0801. The number of rotatable bonds is 7. The third-order valence-corrected chi connectivity index (χ3v) is 6.13. The normalized spacial score (nSPS) is 21.0. The number of hydrogen-bond donors (Lipinski definition) is 1. The van der Waals surface area contributed by atoms with Crippen molar-refractivity contribution in [3.8, 4) is 0 Å². The molecule has 0 amide bonds. The maximum Gasteiger partial charge on any atom is 0.265 e. The molecule has 0 aromatic heterocycles. The summed E-state index contributed by atoms with van der Waals surface area (Å²) in [7, 11) is -3.87. The Balaban J connectivity index is 1.67. The lowest BCUT2D eigenvalue weighted by Crippen LogP contribution is -2.38. The van der Waals surface area contributed by atoms with E-state index in [1.165, 1.54) is 11.1 Å². The molecule has 1 aliphatic carbocycles. The van der Waals surface area contributed by atoms with E-state index in [0.29, 0.717) is 6.04 Å². The van der Waals surface area contributed by atoms with Crippen molar-refractivity contribution < 1.29 is 13.0 Å². The Morgan fingerprint density at radius 1 is 0.808 bits per heavy atom. The molecule has 0 spiro atoms. The van der Waals surface area contributed by atoms with Crippen LogP contribution in [0.4, 0.5) is 0 Å². The van der Waals surface area contributed by atoms with Crippen LogP contribution in [0.1, 0.15) is 36.8 Å². The molecule has 0 saturated heterocycles. The van der Waals surface area contributed by atoms with E-state index in [2.05, 4.69) is 53.4 Å². The lowest BCUT2D eigenvalue weighted by atomic mass is 9.86. The summed E-state index contributed by atoms with van der Waals surface area (Å²) < 4.78 is 31.4. The molecule has 2 aromatic carbocycles. The summed E-state index contributed by atoms with van der Waals surface area (Å²) in [4.78, 5) is 2.51. The fourth-order valence-electron chi connectivity index (χ4n) is 3.92. The van der Waals surface area contributed by atoms with Crippen molar-refractivity contribution >= 4 is 10.1 Å². The van der Waals surface area contributed by atoms with Crippen molar-refractivity contribution in [2.45, 2.75) is 44.8 Å². The SMILES string of the molecule is O=S(=O)(O)CC1CCC(N(Cc2ccccc2)Cc2ccccc2)CC1. The Morgan fingerprint density at radius 3 is 1.69 bits per heavy atom. The highest BCUT2D eigenvalue weighted by Crippen LogP contribution is 2.30. The molecule has 0 atom stereocenters. The minimum Gasteiger partial charge on any atom is -0.292 e. The second-order valence-corrected chi connectivity index (χ2v) is 8.80. The predicted octanol–water partition coefficient (Wildman–Crippen LogP) is 4.14. The van der Waals surface area contributed by atoms with Gasteiger partial charge in [-0.3, -0.25) is 9.45 Å². The fourth-order valence-corrected chi connectivity index (χ4v) is 4.85. The summed E-state index contributed by atoms with van der Waals surface area (Å²) in [5.74, 6) is -0.0200. The summed E-state index contributed by atoms with van der Waals surface area (Å²) in [6, 6.07) is 21.4. The molecule has 1 aliphatic rings. The first-order chi connectivity index (χ1) is 12.5. The molecule has 0 unspecified atom stereocenters. The molecule has 1 fully saturated rings. The van der Waals surface area contributed by atoms with Gasteiger partial charge in [-0.25, -0.2) is 0 Å². The molecule has 0 aliphatic heterocycles. The molecule has 1 N–H and O–H groups in total. The van der Waals surface area contributed by atoms with Crippen LogP contribution in [0.25, 0.3) is 0 Å². The third kappa shape index (κ3) is 5.94. The molecule has 140 valence electrons. The first-order valence-electron chi connectivity index (χ1n) is 9.26. The zero-order valence-corrected chi connectivity index (χ0v) is 15.8. The molecule has 5 heteroatoms. The van der Waals surface area contributed by atoms with Gasteiger partial charge in [-0.15, -0.1) is 0 Å². The molecule has 2 aromatic rings. The van der Waals surface area contributed by atoms with Gasteiger partial charge in [-0.2, -0.15) is 8.42 Å². The minimum atomic E-state index is -3.87. The second-order valence-electron chi connectivity index (χ2n) is 7.30. The maximum atomic E-state index is 11.1. The highest BCUT2D eigenvalue weighted by Gasteiger charge is 2.28. The van der Waals surface area contributed by atoms with E-state index in [1.807, 2.05) is 12.1 Å². The van der Waals surface area contributed by atoms with Crippen molar-refractivity contribution in [3.05, 3.63) is 71.8 Å². The topological polar surface area (TPSA) is 57.6 Å². The first kappa shape index (κ1) is 19.1. The van der Waals surface area contributed by atoms with E-state index in [4.69, 9.17) is 4.55 Å². The van der Waals surface area contributed by atoms with Gasteiger partial charge in [-0.05, 0) is 42.7 Å². The van der Waals surface area contributed by atoms with Gasteiger partial charge in [0.05, 0.1) is 5.75 Å². The summed E-state index contributed by atoms with van der Waals surface area (Å²) in [6.07, 6.45) is 3.65. The Bertz CT molecular complexity index is 728. The quantitative estimate of drug-likeness (QED) is 0.741. The van der Waals surface area contributed by atoms with E-state index in [1.54, 1.807) is 0 Å². The van der Waals surface area contributed by atoms with Gasteiger partial charge in [0.25, 0.3) is 10.1 Å². The van der Waals surface area contributed by atoms with Crippen LogP contribution in [0, 0.1) is 5.92 Å². The van der Waals surface area contributed by atoms with Crippen LogP contribution in [-0.2, 0) is 23.2 Å². The monoisotopic (exact) mass is 373 g/mol. The molecule has 26 heavy (non-hydrogen) atoms. The van der Waals surface area contributed by atoms with Crippen molar-refractivity contribution in [1.29, 1.82) is 0 Å². The molecular weight excluding hydrogens is 346 g/mol. The van der Waals surface area contributed by atoms with E-state index in [0.717, 1.165) is 38.8 Å². The predicted molar refractivity (Wildman–Crippen MR) is 104 cm³/mol. The van der Waals surface area contributed by atoms with E-state index < -0.39 is 10.1 Å². The van der Waals surface area contributed by atoms with Gasteiger partial charge in [0.15, 0.2) is 0 Å². The van der Waals surface area contributed by atoms with Gasteiger partial charge in [0.1, 0.15) is 0 Å². The second kappa shape index (κ2) is 8.80. The van der Waals surface area contributed by atoms with Crippen molar-refractivity contribution in [1.82, 2.24) is 4.90 Å². The van der Waals surface area contributed by atoms with Crippen LogP contribution in [0.3, 0.4) is 0 Å². The average Bonchev–Trinajstić information content (AvgIpc) is 2.62. The largest absolute Gasteiger partial charge is 0.292 e. The number of nitrogens with zero attached hydrogens (tertiary/aromatic N) is 1. The van der Waals surface area contributed by atoms with Gasteiger partial charge in [0, 0.05) is 19.1 Å². The van der Waals surface area contributed by atoms with E-state index in [9.17, 15) is 8.42 Å². The van der Waals surface area contributed by atoms with Gasteiger partial charge in [-0.1, -0.05) is 60.7 Å². The lowest BCUT2D eigenvalue weighted by molar-refractivity contribution is 0.125. The summed E-state index contributed by atoms with van der Waals surface area (Å²) in [6.45, 7) is 1.78. The van der Waals surface area contributed by atoms with E-state index >= 15 is 0 Å². The molecule has 3 rings (SSSR count). The van der Waals surface area contributed by atoms with Gasteiger partial charge < -0.3 is 0 Å². The average molecular weight is 374 g/mol. The standard InChI is InChI=1S/C21H27NO3S/c23-26(24,25)17-20-11-13-21(14-12-20)22(15-18-7-3-1-4-8-18)16-19-9-5-2-6-10-19/h1-10,20-21H,11-17H2,(H,23,24,25). The van der Waals surface area contributed by atoms with Crippen LogP contribution >= 0.6 is 0 Å². The maximum absolute atomic E-state index is 11.1. The lowest BCUT2D eigenvalue weighted by Gasteiger charge is -2.37. The molecule has 0 radical (unpaired) electrons.